The van der Waals surface area contributed by atoms with Gasteiger partial charge in [0, 0.05) is 22.8 Å². The van der Waals surface area contributed by atoms with E-state index >= 15 is 0 Å². The van der Waals surface area contributed by atoms with Crippen molar-refractivity contribution in [2.45, 2.75) is 19.8 Å². The number of benzene rings is 2. The van der Waals surface area contributed by atoms with E-state index in [9.17, 15) is 9.18 Å². The van der Waals surface area contributed by atoms with Gasteiger partial charge in [0.15, 0.2) is 0 Å². The first-order chi connectivity index (χ1) is 10.7. The van der Waals surface area contributed by atoms with Crippen molar-refractivity contribution in [3.8, 4) is 0 Å². The van der Waals surface area contributed by atoms with Gasteiger partial charge < -0.3 is 10.3 Å². The second-order valence-corrected chi connectivity index (χ2v) is 5.28. The van der Waals surface area contributed by atoms with Gasteiger partial charge in [-0.15, -0.1) is 0 Å². The fraction of sp³-hybridized carbons (Fsp3) is 0.167. The van der Waals surface area contributed by atoms with Crippen molar-refractivity contribution in [2.75, 3.05) is 5.32 Å². The molecule has 1 heterocycles. The van der Waals surface area contributed by atoms with Crippen LogP contribution in [0.25, 0.3) is 10.9 Å². The van der Waals surface area contributed by atoms with E-state index < -0.39 is 0 Å². The molecule has 4 heteroatoms. The third kappa shape index (κ3) is 3.01. The van der Waals surface area contributed by atoms with E-state index in [1.54, 1.807) is 12.3 Å². The van der Waals surface area contributed by atoms with E-state index in [1.165, 1.54) is 17.7 Å². The van der Waals surface area contributed by atoms with Crippen LogP contribution in [0.3, 0.4) is 0 Å². The summed E-state index contributed by atoms with van der Waals surface area (Å²) >= 11 is 0. The number of amides is 1. The quantitative estimate of drug-likeness (QED) is 0.749. The van der Waals surface area contributed by atoms with Gasteiger partial charge in [-0.2, -0.15) is 0 Å². The fourth-order valence-electron chi connectivity index (χ4n) is 2.50. The molecule has 3 nitrogen and oxygen atoms in total. The number of fused-ring (bicyclic) bond motifs is 1. The Morgan fingerprint density at radius 2 is 1.95 bits per heavy atom. The van der Waals surface area contributed by atoms with Gasteiger partial charge in [0.05, 0.1) is 6.42 Å². The molecule has 0 fully saturated rings. The van der Waals surface area contributed by atoms with Gasteiger partial charge in [-0.1, -0.05) is 19.1 Å². The highest BCUT2D eigenvalue weighted by atomic mass is 19.1. The number of anilines is 1. The minimum atomic E-state index is -0.302. The van der Waals surface area contributed by atoms with Crippen molar-refractivity contribution in [1.29, 1.82) is 0 Å². The van der Waals surface area contributed by atoms with Gasteiger partial charge in [-0.05, 0) is 47.9 Å². The second kappa shape index (κ2) is 6.02. The number of halogens is 1. The van der Waals surface area contributed by atoms with Gasteiger partial charge in [0.2, 0.25) is 5.91 Å². The zero-order valence-corrected chi connectivity index (χ0v) is 12.3. The number of nitrogens with one attached hydrogen (secondary N) is 2. The van der Waals surface area contributed by atoms with Crippen LogP contribution in [0.5, 0.6) is 0 Å². The highest BCUT2D eigenvalue weighted by Gasteiger charge is 2.10. The summed E-state index contributed by atoms with van der Waals surface area (Å²) in [6, 6.07) is 12.3. The molecule has 2 N–H and O–H groups in total. The summed E-state index contributed by atoms with van der Waals surface area (Å²) in [6.07, 6.45) is 2.93. The summed E-state index contributed by atoms with van der Waals surface area (Å²) in [5, 5.41) is 3.61. The minimum Gasteiger partial charge on any atom is -0.361 e. The highest BCUT2D eigenvalue weighted by molar-refractivity contribution is 5.95. The van der Waals surface area contributed by atoms with Crippen LogP contribution in [-0.4, -0.2) is 10.9 Å². The van der Waals surface area contributed by atoms with Crippen molar-refractivity contribution in [1.82, 2.24) is 4.98 Å². The number of rotatable bonds is 4. The first-order valence-electron chi connectivity index (χ1n) is 7.30. The maximum Gasteiger partial charge on any atom is 0.228 e. The number of aryl methyl sites for hydroxylation is 1. The Labute approximate surface area is 128 Å². The van der Waals surface area contributed by atoms with Crippen molar-refractivity contribution < 1.29 is 9.18 Å². The lowest BCUT2D eigenvalue weighted by atomic mass is 10.1. The first kappa shape index (κ1) is 14.3. The molecule has 0 saturated carbocycles. The maximum absolute atomic E-state index is 13.3. The van der Waals surface area contributed by atoms with Crippen LogP contribution in [0.15, 0.2) is 48.7 Å². The number of carbonyl (C=O) groups excluding carboxylic acids is 1. The molecular weight excluding hydrogens is 279 g/mol. The van der Waals surface area contributed by atoms with Crippen LogP contribution in [-0.2, 0) is 17.6 Å². The first-order valence-corrected chi connectivity index (χ1v) is 7.30. The zero-order chi connectivity index (χ0) is 15.5. The van der Waals surface area contributed by atoms with Gasteiger partial charge in [-0.25, -0.2) is 4.39 Å². The lowest BCUT2D eigenvalue weighted by Crippen LogP contribution is -2.14. The smallest absolute Gasteiger partial charge is 0.228 e. The highest BCUT2D eigenvalue weighted by Crippen LogP contribution is 2.20. The molecule has 0 aliphatic rings. The lowest BCUT2D eigenvalue weighted by molar-refractivity contribution is -0.115. The van der Waals surface area contributed by atoms with Crippen molar-refractivity contribution in [3.05, 3.63) is 65.6 Å². The second-order valence-electron chi connectivity index (χ2n) is 5.28. The molecule has 3 rings (SSSR count). The third-order valence-electron chi connectivity index (χ3n) is 3.73. The predicted octanol–water partition coefficient (Wildman–Crippen LogP) is 4.05. The number of H-pyrrole nitrogens is 1. The Bertz CT molecular complexity index is 806. The van der Waals surface area contributed by atoms with Crippen molar-refractivity contribution in [2.24, 2.45) is 0 Å². The molecule has 1 amide bonds. The molecule has 22 heavy (non-hydrogen) atoms. The van der Waals surface area contributed by atoms with E-state index in [0.29, 0.717) is 0 Å². The topological polar surface area (TPSA) is 44.9 Å². The molecule has 0 unspecified atom stereocenters. The Morgan fingerprint density at radius 3 is 2.68 bits per heavy atom. The molecule has 0 bridgehead atoms. The summed E-state index contributed by atoms with van der Waals surface area (Å²) in [5.41, 5.74) is 3.62. The van der Waals surface area contributed by atoms with Gasteiger partial charge in [0.1, 0.15) is 5.82 Å². The summed E-state index contributed by atoms with van der Waals surface area (Å²) in [7, 11) is 0. The average Bonchev–Trinajstić information content (AvgIpc) is 2.90. The monoisotopic (exact) mass is 296 g/mol. The van der Waals surface area contributed by atoms with Crippen LogP contribution in [0.1, 0.15) is 18.1 Å². The maximum atomic E-state index is 13.3. The van der Waals surface area contributed by atoms with Crippen LogP contribution >= 0.6 is 0 Å². The Morgan fingerprint density at radius 1 is 1.18 bits per heavy atom. The van der Waals surface area contributed by atoms with Gasteiger partial charge >= 0.3 is 0 Å². The molecule has 0 atom stereocenters. The number of hydrogen-bond acceptors (Lipinski definition) is 1. The molecule has 0 radical (unpaired) electrons. The van der Waals surface area contributed by atoms with E-state index in [-0.39, 0.29) is 18.1 Å². The number of aromatic nitrogens is 1. The molecule has 0 aliphatic carbocycles. The molecule has 0 spiro atoms. The normalized spacial score (nSPS) is 10.8. The van der Waals surface area contributed by atoms with Gasteiger partial charge in [0.25, 0.3) is 0 Å². The van der Waals surface area contributed by atoms with Gasteiger partial charge in [-0.3, -0.25) is 4.79 Å². The van der Waals surface area contributed by atoms with Crippen LogP contribution in [0.4, 0.5) is 10.1 Å². The van der Waals surface area contributed by atoms with Crippen LogP contribution in [0.2, 0.25) is 0 Å². The summed E-state index contributed by atoms with van der Waals surface area (Å²) < 4.78 is 13.3. The number of aromatic amines is 1. The average molecular weight is 296 g/mol. The van der Waals surface area contributed by atoms with E-state index in [1.807, 2.05) is 24.3 Å². The van der Waals surface area contributed by atoms with E-state index in [0.717, 1.165) is 28.6 Å². The zero-order valence-electron chi connectivity index (χ0n) is 12.3. The largest absolute Gasteiger partial charge is 0.361 e. The lowest BCUT2D eigenvalue weighted by Gasteiger charge is -2.06. The van der Waals surface area contributed by atoms with Crippen molar-refractivity contribution in [3.63, 3.8) is 0 Å². The predicted molar refractivity (Wildman–Crippen MR) is 86.4 cm³/mol. The van der Waals surface area contributed by atoms with Crippen LogP contribution < -0.4 is 5.32 Å². The summed E-state index contributed by atoms with van der Waals surface area (Å²) in [4.78, 5) is 15.2. The number of hydrogen-bond donors (Lipinski definition) is 2. The van der Waals surface area contributed by atoms with Crippen molar-refractivity contribution >= 4 is 22.5 Å². The summed E-state index contributed by atoms with van der Waals surface area (Å²) in [6.45, 7) is 2.09. The van der Waals surface area contributed by atoms with E-state index in [2.05, 4.69) is 17.2 Å². The SMILES string of the molecule is CCc1ccc(NC(=O)Cc2c[nH]c3ccc(F)cc23)cc1. The molecule has 0 saturated heterocycles. The Kier molecular flexibility index (Phi) is 3.92. The standard InChI is InChI=1S/C18H17FN2O/c1-2-12-3-6-15(7-4-12)21-18(22)9-13-11-20-17-8-5-14(19)10-16(13)17/h3-8,10-11,20H,2,9H2,1H3,(H,21,22). The molecule has 1 aromatic heterocycles. The molecular formula is C18H17FN2O. The molecule has 2 aromatic carbocycles. The third-order valence-corrected chi connectivity index (χ3v) is 3.73. The Hall–Kier alpha value is -2.62. The molecule has 0 aliphatic heterocycles. The molecule has 112 valence electrons. The number of carbonyl (C=O) groups is 1. The Balaban J connectivity index is 1.73. The van der Waals surface area contributed by atoms with Crippen LogP contribution in [0, 0.1) is 5.82 Å². The molecule has 3 aromatic rings. The fourth-order valence-corrected chi connectivity index (χ4v) is 2.50. The minimum absolute atomic E-state index is 0.116. The van der Waals surface area contributed by atoms with E-state index in [4.69, 9.17) is 0 Å². The summed E-state index contributed by atoms with van der Waals surface area (Å²) in [5.74, 6) is -0.418.